The maximum absolute atomic E-state index is 12.4. The number of hydrogen-bond acceptors (Lipinski definition) is 7. The smallest absolute Gasteiger partial charge is 0.416 e. The third-order valence-electron chi connectivity index (χ3n) is 3.23. The van der Waals surface area contributed by atoms with Crippen LogP contribution in [0.3, 0.4) is 0 Å². The van der Waals surface area contributed by atoms with Crippen molar-refractivity contribution in [3.05, 3.63) is 3.95 Å². The Hall–Kier alpha value is -1.03. The van der Waals surface area contributed by atoms with E-state index in [1.54, 1.807) is 4.90 Å². The molecule has 1 saturated heterocycles. The number of carbonyl (C=O) groups is 1. The predicted octanol–water partition coefficient (Wildman–Crippen LogP) is 2.66. The standard InChI is InChI=1S/C14H24N4O3S2/c1-14(2,3)21-13(19)18(11-15-16-12(22)23-11)6-4-5-17-7-9-20-10-8-17/h4-10H2,1-3H3,(H,16,22). The summed E-state index contributed by atoms with van der Waals surface area (Å²) in [5.74, 6) is 0. The number of aromatic amines is 1. The van der Waals surface area contributed by atoms with Crippen LogP contribution in [-0.4, -0.2) is 66.2 Å². The molecule has 2 heterocycles. The highest BCUT2D eigenvalue weighted by Gasteiger charge is 2.25. The van der Waals surface area contributed by atoms with Crippen LogP contribution in [0.1, 0.15) is 27.2 Å². The minimum atomic E-state index is -0.544. The van der Waals surface area contributed by atoms with Crippen LogP contribution in [0.4, 0.5) is 9.93 Å². The van der Waals surface area contributed by atoms with Crippen LogP contribution < -0.4 is 4.90 Å². The molecule has 9 heteroatoms. The van der Waals surface area contributed by atoms with Gasteiger partial charge in [-0.25, -0.2) is 4.79 Å². The fourth-order valence-corrected chi connectivity index (χ4v) is 3.09. The number of amides is 1. The molecule has 0 bridgehead atoms. The predicted molar refractivity (Wildman–Crippen MR) is 92.8 cm³/mol. The van der Waals surface area contributed by atoms with Crippen LogP contribution >= 0.6 is 23.6 Å². The lowest BCUT2D eigenvalue weighted by Gasteiger charge is -2.28. The average molecular weight is 361 g/mol. The first kappa shape index (κ1) is 18.3. The molecule has 7 nitrogen and oxygen atoms in total. The molecule has 1 amide bonds. The fraction of sp³-hybridized carbons (Fsp3) is 0.786. The second-order valence-corrected chi connectivity index (χ2v) is 7.98. The molecule has 0 unspecified atom stereocenters. The molecule has 0 aromatic carbocycles. The molecule has 130 valence electrons. The van der Waals surface area contributed by atoms with Crippen LogP contribution in [0.2, 0.25) is 0 Å². The van der Waals surface area contributed by atoms with Crippen molar-refractivity contribution < 1.29 is 14.3 Å². The molecule has 1 aliphatic rings. The van der Waals surface area contributed by atoms with Crippen molar-refractivity contribution in [2.75, 3.05) is 44.3 Å². The number of rotatable bonds is 5. The highest BCUT2D eigenvalue weighted by Crippen LogP contribution is 2.21. The van der Waals surface area contributed by atoms with Crippen molar-refractivity contribution in [1.29, 1.82) is 0 Å². The first-order valence-corrected chi connectivity index (χ1v) is 8.94. The molecule has 23 heavy (non-hydrogen) atoms. The summed E-state index contributed by atoms with van der Waals surface area (Å²) in [7, 11) is 0. The monoisotopic (exact) mass is 360 g/mol. The van der Waals surface area contributed by atoms with Gasteiger partial charge in [-0.05, 0) is 39.4 Å². The van der Waals surface area contributed by atoms with Gasteiger partial charge in [0.05, 0.1) is 13.2 Å². The molecular weight excluding hydrogens is 336 g/mol. The van der Waals surface area contributed by atoms with Gasteiger partial charge in [0.2, 0.25) is 5.13 Å². The summed E-state index contributed by atoms with van der Waals surface area (Å²) in [6, 6.07) is 0. The lowest BCUT2D eigenvalue weighted by molar-refractivity contribution is 0.0371. The maximum Gasteiger partial charge on any atom is 0.416 e. The van der Waals surface area contributed by atoms with Gasteiger partial charge >= 0.3 is 6.09 Å². The van der Waals surface area contributed by atoms with Gasteiger partial charge in [-0.3, -0.25) is 14.9 Å². The Morgan fingerprint density at radius 2 is 2.17 bits per heavy atom. The molecule has 1 aliphatic heterocycles. The normalized spacial score (nSPS) is 16.3. The van der Waals surface area contributed by atoms with Crippen molar-refractivity contribution in [3.8, 4) is 0 Å². The van der Waals surface area contributed by atoms with Crippen molar-refractivity contribution in [2.45, 2.75) is 32.8 Å². The number of nitrogens with one attached hydrogen (secondary N) is 1. The molecule has 1 N–H and O–H groups in total. The van der Waals surface area contributed by atoms with E-state index in [1.165, 1.54) is 11.3 Å². The second-order valence-electron chi connectivity index (χ2n) is 6.34. The first-order chi connectivity index (χ1) is 10.8. The van der Waals surface area contributed by atoms with E-state index in [-0.39, 0.29) is 0 Å². The van der Waals surface area contributed by atoms with E-state index in [0.29, 0.717) is 15.6 Å². The summed E-state index contributed by atoms with van der Waals surface area (Å²) >= 11 is 6.34. The highest BCUT2D eigenvalue weighted by atomic mass is 32.1. The van der Waals surface area contributed by atoms with Gasteiger partial charge < -0.3 is 9.47 Å². The number of hydrogen-bond donors (Lipinski definition) is 1. The molecule has 0 saturated carbocycles. The summed E-state index contributed by atoms with van der Waals surface area (Å²) in [5.41, 5.74) is -0.544. The number of carbonyl (C=O) groups excluding carboxylic acids is 1. The van der Waals surface area contributed by atoms with Gasteiger partial charge in [0.1, 0.15) is 5.60 Å². The third kappa shape index (κ3) is 6.17. The topological polar surface area (TPSA) is 70.7 Å². The van der Waals surface area contributed by atoms with E-state index in [0.717, 1.165) is 39.3 Å². The zero-order valence-corrected chi connectivity index (χ0v) is 15.5. The number of ether oxygens (including phenoxy) is 2. The Kier molecular flexibility index (Phi) is 6.51. The minimum absolute atomic E-state index is 0.391. The van der Waals surface area contributed by atoms with Gasteiger partial charge in [-0.1, -0.05) is 11.3 Å². The van der Waals surface area contributed by atoms with E-state index in [2.05, 4.69) is 15.1 Å². The van der Waals surface area contributed by atoms with E-state index >= 15 is 0 Å². The van der Waals surface area contributed by atoms with E-state index in [9.17, 15) is 4.79 Å². The molecule has 1 fully saturated rings. The largest absolute Gasteiger partial charge is 0.443 e. The van der Waals surface area contributed by atoms with Crippen molar-refractivity contribution in [2.24, 2.45) is 0 Å². The Morgan fingerprint density at radius 3 is 2.74 bits per heavy atom. The Balaban J connectivity index is 1.95. The molecule has 2 rings (SSSR count). The first-order valence-electron chi connectivity index (χ1n) is 7.71. The molecule has 0 atom stereocenters. The average Bonchev–Trinajstić information content (AvgIpc) is 2.89. The molecule has 1 aromatic heterocycles. The lowest BCUT2D eigenvalue weighted by atomic mass is 10.2. The van der Waals surface area contributed by atoms with Crippen LogP contribution in [0, 0.1) is 3.95 Å². The van der Waals surface area contributed by atoms with Crippen LogP contribution in [0.25, 0.3) is 0 Å². The van der Waals surface area contributed by atoms with Crippen LogP contribution in [0.5, 0.6) is 0 Å². The second kappa shape index (κ2) is 8.18. The molecule has 0 spiro atoms. The molecule has 1 aromatic rings. The van der Waals surface area contributed by atoms with Gasteiger partial charge in [0.15, 0.2) is 3.95 Å². The van der Waals surface area contributed by atoms with Crippen molar-refractivity contribution in [3.63, 3.8) is 0 Å². The van der Waals surface area contributed by atoms with Crippen LogP contribution in [-0.2, 0) is 9.47 Å². The summed E-state index contributed by atoms with van der Waals surface area (Å²) in [6.45, 7) is 10.4. The summed E-state index contributed by atoms with van der Waals surface area (Å²) in [6.07, 6.45) is 0.447. The Morgan fingerprint density at radius 1 is 1.48 bits per heavy atom. The number of aromatic nitrogens is 2. The number of nitrogens with zero attached hydrogens (tertiary/aromatic N) is 3. The van der Waals surface area contributed by atoms with Gasteiger partial charge in [-0.2, -0.15) is 0 Å². The molecule has 0 aliphatic carbocycles. The summed E-state index contributed by atoms with van der Waals surface area (Å²) in [4.78, 5) is 16.3. The zero-order chi connectivity index (χ0) is 16.9. The van der Waals surface area contributed by atoms with Gasteiger partial charge in [0.25, 0.3) is 0 Å². The third-order valence-corrected chi connectivity index (χ3v) is 4.34. The highest BCUT2D eigenvalue weighted by molar-refractivity contribution is 7.73. The molecular formula is C14H24N4O3S2. The Bertz CT molecular complexity index is 561. The Labute approximate surface area is 145 Å². The SMILES string of the molecule is CC(C)(C)OC(=O)N(CCCN1CCOCC1)c1n[nH]c(=S)s1. The summed E-state index contributed by atoms with van der Waals surface area (Å²) < 4.78 is 11.4. The molecule has 0 radical (unpaired) electrons. The van der Waals surface area contributed by atoms with E-state index < -0.39 is 11.7 Å². The quantitative estimate of drug-likeness (QED) is 0.814. The van der Waals surface area contributed by atoms with Crippen molar-refractivity contribution in [1.82, 2.24) is 15.1 Å². The number of H-pyrrole nitrogens is 1. The van der Waals surface area contributed by atoms with Gasteiger partial charge in [-0.15, -0.1) is 5.10 Å². The number of anilines is 1. The maximum atomic E-state index is 12.4. The van der Waals surface area contributed by atoms with Crippen LogP contribution in [0.15, 0.2) is 0 Å². The summed E-state index contributed by atoms with van der Waals surface area (Å²) in [5, 5.41) is 7.37. The van der Waals surface area contributed by atoms with Gasteiger partial charge in [0, 0.05) is 26.2 Å². The van der Waals surface area contributed by atoms with E-state index in [1.807, 2.05) is 20.8 Å². The zero-order valence-electron chi connectivity index (χ0n) is 13.8. The van der Waals surface area contributed by atoms with E-state index in [4.69, 9.17) is 21.7 Å². The fourth-order valence-electron chi connectivity index (χ4n) is 2.20. The minimum Gasteiger partial charge on any atom is -0.443 e. The lowest BCUT2D eigenvalue weighted by Crippen LogP contribution is -2.40. The van der Waals surface area contributed by atoms with Crippen molar-refractivity contribution >= 4 is 34.8 Å². The number of morpholine rings is 1.